The number of nitrogens with zero attached hydrogens (tertiary/aromatic N) is 1. The van der Waals surface area contributed by atoms with Crippen LogP contribution in [0.1, 0.15) is 25.8 Å². The van der Waals surface area contributed by atoms with Gasteiger partial charge in [0.05, 0.1) is 10.8 Å². The molecule has 0 saturated heterocycles. The van der Waals surface area contributed by atoms with E-state index in [2.05, 4.69) is 5.32 Å². The van der Waals surface area contributed by atoms with Gasteiger partial charge >= 0.3 is 5.97 Å². The van der Waals surface area contributed by atoms with E-state index >= 15 is 0 Å². The molecule has 7 heteroatoms. The number of nitro groups is 1. The number of carboxylic acids is 1. The Morgan fingerprint density at radius 1 is 1.48 bits per heavy atom. The van der Waals surface area contributed by atoms with Gasteiger partial charge in [0.2, 0.25) is 0 Å². The van der Waals surface area contributed by atoms with Crippen LogP contribution in [0.3, 0.4) is 0 Å². The zero-order valence-corrected chi connectivity index (χ0v) is 12.8. The lowest BCUT2D eigenvalue weighted by atomic mass is 9.97. The molecule has 0 radical (unpaired) electrons. The van der Waals surface area contributed by atoms with Crippen molar-refractivity contribution >= 4 is 23.3 Å². The highest BCUT2D eigenvalue weighted by atomic mass is 35.5. The summed E-state index contributed by atoms with van der Waals surface area (Å²) < 4.78 is 0. The van der Waals surface area contributed by atoms with Gasteiger partial charge in [-0.2, -0.15) is 0 Å². The van der Waals surface area contributed by atoms with Crippen LogP contribution in [-0.2, 0) is 11.3 Å². The molecule has 116 valence electrons. The molecule has 0 amide bonds. The van der Waals surface area contributed by atoms with E-state index in [9.17, 15) is 14.9 Å². The van der Waals surface area contributed by atoms with Crippen LogP contribution in [0, 0.1) is 22.0 Å². The number of nitro benzene ring substituents is 1. The number of halogens is 1. The predicted octanol–water partition coefficient (Wildman–Crippen LogP) is 3.08. The zero-order chi connectivity index (χ0) is 16.0. The molecule has 21 heavy (non-hydrogen) atoms. The molecule has 0 saturated carbocycles. The molecule has 0 bridgehead atoms. The Labute approximate surface area is 128 Å². The van der Waals surface area contributed by atoms with E-state index in [1.165, 1.54) is 12.1 Å². The summed E-state index contributed by atoms with van der Waals surface area (Å²) in [7, 11) is 0. The standard InChI is InChI=1S/C14H19ClN2O4/c1-9(2)5-11(14(18)19)8-16-7-10-3-4-12(15)13(6-10)17(20)21/h3-4,6,9,11,16H,5,7-8H2,1-2H3,(H,18,19). The minimum Gasteiger partial charge on any atom is -0.481 e. The van der Waals surface area contributed by atoms with Gasteiger partial charge in [-0.05, 0) is 24.0 Å². The van der Waals surface area contributed by atoms with Gasteiger partial charge < -0.3 is 10.4 Å². The number of nitrogens with one attached hydrogen (secondary N) is 1. The first-order valence-electron chi connectivity index (χ1n) is 6.67. The molecule has 0 aliphatic carbocycles. The third-order valence-electron chi connectivity index (χ3n) is 3.03. The normalized spacial score (nSPS) is 12.4. The Balaban J connectivity index is 2.61. The van der Waals surface area contributed by atoms with Gasteiger partial charge in [0.15, 0.2) is 0 Å². The molecule has 1 rings (SSSR count). The van der Waals surface area contributed by atoms with E-state index in [-0.39, 0.29) is 10.7 Å². The first-order chi connectivity index (χ1) is 9.81. The summed E-state index contributed by atoms with van der Waals surface area (Å²) in [5.41, 5.74) is 0.549. The van der Waals surface area contributed by atoms with E-state index in [0.717, 1.165) is 0 Å². The second-order valence-electron chi connectivity index (χ2n) is 5.34. The highest BCUT2D eigenvalue weighted by Gasteiger charge is 2.18. The lowest BCUT2D eigenvalue weighted by Crippen LogP contribution is -2.29. The summed E-state index contributed by atoms with van der Waals surface area (Å²) in [5, 5.41) is 23.0. The second kappa shape index (κ2) is 7.95. The molecule has 0 fully saturated rings. The third kappa shape index (κ3) is 5.69. The average molecular weight is 315 g/mol. The molecule has 0 spiro atoms. The van der Waals surface area contributed by atoms with Crippen LogP contribution in [-0.4, -0.2) is 22.5 Å². The summed E-state index contributed by atoms with van der Waals surface area (Å²) >= 11 is 5.73. The lowest BCUT2D eigenvalue weighted by molar-refractivity contribution is -0.384. The predicted molar refractivity (Wildman–Crippen MR) is 80.4 cm³/mol. The first kappa shape index (κ1) is 17.4. The summed E-state index contributed by atoms with van der Waals surface area (Å²) in [6, 6.07) is 4.55. The summed E-state index contributed by atoms with van der Waals surface area (Å²) in [4.78, 5) is 21.4. The topological polar surface area (TPSA) is 92.5 Å². The van der Waals surface area contributed by atoms with E-state index in [1.54, 1.807) is 6.07 Å². The van der Waals surface area contributed by atoms with Crippen LogP contribution in [0.15, 0.2) is 18.2 Å². The summed E-state index contributed by atoms with van der Waals surface area (Å²) in [6.07, 6.45) is 0.586. The number of carboxylic acid groups (broad SMARTS) is 1. The molecule has 0 aliphatic rings. The molecular formula is C14H19ClN2O4. The van der Waals surface area contributed by atoms with E-state index in [0.29, 0.717) is 31.0 Å². The molecule has 1 atom stereocenters. The molecule has 0 heterocycles. The van der Waals surface area contributed by atoms with Gasteiger partial charge in [-0.3, -0.25) is 14.9 Å². The van der Waals surface area contributed by atoms with Crippen LogP contribution < -0.4 is 5.32 Å². The quantitative estimate of drug-likeness (QED) is 0.568. The van der Waals surface area contributed by atoms with Crippen LogP contribution in [0.5, 0.6) is 0 Å². The minimum atomic E-state index is -0.835. The van der Waals surface area contributed by atoms with Crippen molar-refractivity contribution in [3.8, 4) is 0 Å². The number of benzene rings is 1. The zero-order valence-electron chi connectivity index (χ0n) is 12.0. The van der Waals surface area contributed by atoms with Gasteiger partial charge in [-0.15, -0.1) is 0 Å². The lowest BCUT2D eigenvalue weighted by Gasteiger charge is -2.15. The Morgan fingerprint density at radius 2 is 2.14 bits per heavy atom. The molecule has 2 N–H and O–H groups in total. The van der Waals surface area contributed by atoms with Gasteiger partial charge in [-0.25, -0.2) is 0 Å². The maximum absolute atomic E-state index is 11.1. The second-order valence-corrected chi connectivity index (χ2v) is 5.75. The third-order valence-corrected chi connectivity index (χ3v) is 3.35. The first-order valence-corrected chi connectivity index (χ1v) is 7.05. The SMILES string of the molecule is CC(C)CC(CNCc1ccc(Cl)c([N+](=O)[O-])c1)C(=O)O. The molecule has 6 nitrogen and oxygen atoms in total. The van der Waals surface area contributed by atoms with Crippen molar-refractivity contribution in [1.29, 1.82) is 0 Å². The fourth-order valence-corrected chi connectivity index (χ4v) is 2.23. The van der Waals surface area contributed by atoms with Crippen molar-refractivity contribution in [2.75, 3.05) is 6.54 Å². The van der Waals surface area contributed by atoms with Gasteiger partial charge in [-0.1, -0.05) is 31.5 Å². The smallest absolute Gasteiger partial charge is 0.307 e. The van der Waals surface area contributed by atoms with Crippen molar-refractivity contribution < 1.29 is 14.8 Å². The Kier molecular flexibility index (Phi) is 6.58. The van der Waals surface area contributed by atoms with E-state index in [1.807, 2.05) is 13.8 Å². The van der Waals surface area contributed by atoms with Crippen molar-refractivity contribution in [1.82, 2.24) is 5.32 Å². The van der Waals surface area contributed by atoms with Crippen molar-refractivity contribution in [2.24, 2.45) is 11.8 Å². The van der Waals surface area contributed by atoms with Crippen LogP contribution in [0.2, 0.25) is 5.02 Å². The largest absolute Gasteiger partial charge is 0.481 e. The van der Waals surface area contributed by atoms with Gasteiger partial charge in [0.1, 0.15) is 5.02 Å². The Hall–Kier alpha value is -1.66. The Bertz CT molecular complexity index is 520. The van der Waals surface area contributed by atoms with Crippen LogP contribution >= 0.6 is 11.6 Å². The van der Waals surface area contributed by atoms with Gasteiger partial charge in [0.25, 0.3) is 5.69 Å². The Morgan fingerprint density at radius 3 is 2.67 bits per heavy atom. The maximum Gasteiger partial charge on any atom is 0.307 e. The number of aliphatic carboxylic acids is 1. The van der Waals surface area contributed by atoms with Crippen molar-refractivity contribution in [3.05, 3.63) is 38.9 Å². The van der Waals surface area contributed by atoms with Crippen molar-refractivity contribution in [3.63, 3.8) is 0 Å². The van der Waals surface area contributed by atoms with Crippen molar-refractivity contribution in [2.45, 2.75) is 26.8 Å². The minimum absolute atomic E-state index is 0.0898. The molecule has 0 aromatic heterocycles. The fourth-order valence-electron chi connectivity index (χ4n) is 2.04. The maximum atomic E-state index is 11.1. The average Bonchev–Trinajstić information content (AvgIpc) is 2.38. The monoisotopic (exact) mass is 314 g/mol. The molecule has 0 aliphatic heterocycles. The highest BCUT2D eigenvalue weighted by molar-refractivity contribution is 6.32. The number of rotatable bonds is 8. The fraction of sp³-hybridized carbons (Fsp3) is 0.500. The summed E-state index contributed by atoms with van der Waals surface area (Å²) in [5.74, 6) is -1.00. The van der Waals surface area contributed by atoms with E-state index < -0.39 is 16.8 Å². The van der Waals surface area contributed by atoms with E-state index in [4.69, 9.17) is 16.7 Å². The molecule has 1 aromatic carbocycles. The molecule has 1 aromatic rings. The number of hydrogen-bond donors (Lipinski definition) is 2. The highest BCUT2D eigenvalue weighted by Crippen LogP contribution is 2.25. The summed E-state index contributed by atoms with van der Waals surface area (Å²) in [6.45, 7) is 4.63. The van der Waals surface area contributed by atoms with Crippen LogP contribution in [0.4, 0.5) is 5.69 Å². The van der Waals surface area contributed by atoms with Crippen LogP contribution in [0.25, 0.3) is 0 Å². The number of carbonyl (C=O) groups is 1. The molecular weight excluding hydrogens is 296 g/mol. The van der Waals surface area contributed by atoms with Gasteiger partial charge in [0, 0.05) is 19.2 Å². The molecule has 1 unspecified atom stereocenters. The number of hydrogen-bond acceptors (Lipinski definition) is 4.